The van der Waals surface area contributed by atoms with E-state index in [0.717, 1.165) is 44.9 Å². The molecule has 21 heavy (non-hydrogen) atoms. The second-order valence-corrected chi connectivity index (χ2v) is 6.99. The molecule has 0 aromatic heterocycles. The fraction of sp³-hybridized carbons (Fsp3) is 0.889. The lowest BCUT2D eigenvalue weighted by molar-refractivity contribution is -0.130. The lowest BCUT2D eigenvalue weighted by Crippen LogP contribution is -2.47. The summed E-state index contributed by atoms with van der Waals surface area (Å²) in [5, 5.41) is 12.9. The molecular weight excluding hydrogens is 260 g/mol. The van der Waals surface area contributed by atoms with Gasteiger partial charge in [0.25, 0.3) is 0 Å². The second-order valence-electron chi connectivity index (χ2n) is 6.99. The summed E-state index contributed by atoms with van der Waals surface area (Å²) in [5.74, 6) is 0.638. The van der Waals surface area contributed by atoms with Gasteiger partial charge in [-0.3, -0.25) is 4.79 Å². The Labute approximate surface area is 129 Å². The quantitative estimate of drug-likeness (QED) is 0.784. The number of carbonyl (C=O) groups is 1. The van der Waals surface area contributed by atoms with Crippen LogP contribution in [0.15, 0.2) is 0 Å². The van der Waals surface area contributed by atoms with Gasteiger partial charge in [0, 0.05) is 6.04 Å². The zero-order valence-electron chi connectivity index (χ0n) is 13.5. The molecule has 2 saturated carbocycles. The van der Waals surface area contributed by atoms with E-state index in [9.17, 15) is 10.1 Å². The van der Waals surface area contributed by atoms with Gasteiger partial charge >= 0.3 is 0 Å². The molecule has 1 N–H and O–H groups in total. The van der Waals surface area contributed by atoms with Crippen LogP contribution in [0, 0.1) is 22.7 Å². The summed E-state index contributed by atoms with van der Waals surface area (Å²) in [6, 6.07) is 2.65. The number of hydrogen-bond donors (Lipinski definition) is 1. The summed E-state index contributed by atoms with van der Waals surface area (Å²) < 4.78 is 0. The van der Waals surface area contributed by atoms with E-state index in [2.05, 4.69) is 18.3 Å². The molecule has 3 heteroatoms. The van der Waals surface area contributed by atoms with Gasteiger partial charge in [-0.05, 0) is 38.0 Å². The van der Waals surface area contributed by atoms with E-state index < -0.39 is 5.41 Å². The highest BCUT2D eigenvalue weighted by molar-refractivity contribution is 5.85. The standard InChI is InChI=1S/C18H30N2O/c1-2-16(15-10-6-5-7-11-15)20-17(21)18(14-19)12-8-3-4-9-13-18/h15-16H,2-13H2,1H3,(H,20,21). The summed E-state index contributed by atoms with van der Waals surface area (Å²) in [6.07, 6.45) is 13.2. The lowest BCUT2D eigenvalue weighted by atomic mass is 9.79. The number of rotatable bonds is 4. The van der Waals surface area contributed by atoms with Crippen LogP contribution in [0.1, 0.15) is 84.0 Å². The molecule has 0 saturated heterocycles. The van der Waals surface area contributed by atoms with E-state index >= 15 is 0 Å². The molecule has 2 aliphatic carbocycles. The minimum Gasteiger partial charge on any atom is -0.352 e. The van der Waals surface area contributed by atoms with Gasteiger partial charge in [0.15, 0.2) is 0 Å². The average molecular weight is 290 g/mol. The van der Waals surface area contributed by atoms with E-state index in [1.807, 2.05) is 0 Å². The molecule has 2 aliphatic rings. The Morgan fingerprint density at radius 3 is 2.24 bits per heavy atom. The van der Waals surface area contributed by atoms with Crippen molar-refractivity contribution in [3.05, 3.63) is 0 Å². The average Bonchev–Trinajstić information content (AvgIpc) is 2.79. The third-order valence-electron chi connectivity index (χ3n) is 5.58. The van der Waals surface area contributed by atoms with Crippen LogP contribution in [0.25, 0.3) is 0 Å². The summed E-state index contributed by atoms with van der Waals surface area (Å²) >= 11 is 0. The highest BCUT2D eigenvalue weighted by atomic mass is 16.2. The molecule has 0 aromatic rings. The number of nitrogens with zero attached hydrogens (tertiary/aromatic N) is 1. The van der Waals surface area contributed by atoms with Crippen LogP contribution >= 0.6 is 0 Å². The SMILES string of the molecule is CCC(NC(=O)C1(C#N)CCCCCC1)C1CCCCC1. The summed E-state index contributed by atoms with van der Waals surface area (Å²) in [6.45, 7) is 2.16. The molecule has 3 nitrogen and oxygen atoms in total. The van der Waals surface area contributed by atoms with Crippen LogP contribution in [-0.4, -0.2) is 11.9 Å². The Bertz CT molecular complexity index is 371. The largest absolute Gasteiger partial charge is 0.352 e. The van der Waals surface area contributed by atoms with Gasteiger partial charge in [0.2, 0.25) is 5.91 Å². The summed E-state index contributed by atoms with van der Waals surface area (Å²) in [4.78, 5) is 12.8. The first-order chi connectivity index (χ1) is 10.2. The zero-order chi connectivity index (χ0) is 15.1. The third kappa shape index (κ3) is 3.99. The van der Waals surface area contributed by atoms with Crippen molar-refractivity contribution in [2.45, 2.75) is 90.0 Å². The molecule has 0 heterocycles. The topological polar surface area (TPSA) is 52.9 Å². The van der Waals surface area contributed by atoms with Crippen molar-refractivity contribution >= 4 is 5.91 Å². The lowest BCUT2D eigenvalue weighted by Gasteiger charge is -2.33. The van der Waals surface area contributed by atoms with Crippen molar-refractivity contribution in [3.63, 3.8) is 0 Å². The number of nitrogens with one attached hydrogen (secondary N) is 1. The van der Waals surface area contributed by atoms with Gasteiger partial charge in [-0.2, -0.15) is 5.26 Å². The molecule has 1 atom stereocenters. The monoisotopic (exact) mass is 290 g/mol. The molecule has 0 aromatic carbocycles. The van der Waals surface area contributed by atoms with Crippen LogP contribution in [0.4, 0.5) is 0 Å². The molecule has 0 aliphatic heterocycles. The van der Waals surface area contributed by atoms with Gasteiger partial charge in [0.05, 0.1) is 6.07 Å². The van der Waals surface area contributed by atoms with E-state index in [4.69, 9.17) is 0 Å². The Kier molecular flexibility index (Phi) is 6.08. The van der Waals surface area contributed by atoms with Crippen LogP contribution in [0.2, 0.25) is 0 Å². The number of hydrogen-bond acceptors (Lipinski definition) is 2. The second kappa shape index (κ2) is 7.82. The molecule has 1 amide bonds. The first-order valence-electron chi connectivity index (χ1n) is 8.94. The van der Waals surface area contributed by atoms with E-state index in [-0.39, 0.29) is 11.9 Å². The van der Waals surface area contributed by atoms with Crippen LogP contribution in [0.3, 0.4) is 0 Å². The van der Waals surface area contributed by atoms with Gasteiger partial charge in [-0.15, -0.1) is 0 Å². The molecule has 2 fully saturated rings. The molecular formula is C18H30N2O. The van der Waals surface area contributed by atoms with Crippen molar-refractivity contribution < 1.29 is 4.79 Å². The minimum atomic E-state index is -0.751. The smallest absolute Gasteiger partial charge is 0.240 e. The maximum atomic E-state index is 12.8. The Morgan fingerprint density at radius 1 is 1.14 bits per heavy atom. The zero-order valence-corrected chi connectivity index (χ0v) is 13.5. The molecule has 0 spiro atoms. The molecule has 118 valence electrons. The maximum absolute atomic E-state index is 12.8. The van der Waals surface area contributed by atoms with Crippen LogP contribution in [-0.2, 0) is 4.79 Å². The maximum Gasteiger partial charge on any atom is 0.240 e. The third-order valence-corrected chi connectivity index (χ3v) is 5.58. The normalized spacial score (nSPS) is 24.6. The first kappa shape index (κ1) is 16.3. The Morgan fingerprint density at radius 2 is 1.71 bits per heavy atom. The highest BCUT2D eigenvalue weighted by Crippen LogP contribution is 2.36. The van der Waals surface area contributed by atoms with Gasteiger partial charge in [-0.1, -0.05) is 51.9 Å². The number of amides is 1. The van der Waals surface area contributed by atoms with Gasteiger partial charge in [-0.25, -0.2) is 0 Å². The fourth-order valence-electron chi connectivity index (χ4n) is 4.12. The fourth-order valence-corrected chi connectivity index (χ4v) is 4.12. The summed E-state index contributed by atoms with van der Waals surface area (Å²) in [7, 11) is 0. The summed E-state index contributed by atoms with van der Waals surface area (Å²) in [5.41, 5.74) is -0.751. The van der Waals surface area contributed by atoms with E-state index in [1.54, 1.807) is 0 Å². The highest BCUT2D eigenvalue weighted by Gasteiger charge is 2.40. The number of carbonyl (C=O) groups excluding carboxylic acids is 1. The van der Waals surface area contributed by atoms with Crippen LogP contribution in [0.5, 0.6) is 0 Å². The predicted molar refractivity (Wildman–Crippen MR) is 84.5 cm³/mol. The van der Waals surface area contributed by atoms with Crippen LogP contribution < -0.4 is 5.32 Å². The number of nitriles is 1. The Hall–Kier alpha value is -1.04. The first-order valence-corrected chi connectivity index (χ1v) is 8.94. The van der Waals surface area contributed by atoms with E-state index in [0.29, 0.717) is 5.92 Å². The van der Waals surface area contributed by atoms with Gasteiger partial charge in [0.1, 0.15) is 5.41 Å². The molecule has 0 radical (unpaired) electrons. The van der Waals surface area contributed by atoms with Crippen molar-refractivity contribution in [1.29, 1.82) is 5.26 Å². The predicted octanol–water partition coefficient (Wildman–Crippen LogP) is 4.33. The van der Waals surface area contributed by atoms with Crippen molar-refractivity contribution in [1.82, 2.24) is 5.32 Å². The molecule has 0 bridgehead atoms. The molecule has 1 unspecified atom stereocenters. The van der Waals surface area contributed by atoms with Gasteiger partial charge < -0.3 is 5.32 Å². The Balaban J connectivity index is 2.01. The van der Waals surface area contributed by atoms with Crippen molar-refractivity contribution in [2.24, 2.45) is 11.3 Å². The molecule has 2 rings (SSSR count). The van der Waals surface area contributed by atoms with E-state index in [1.165, 1.54) is 32.1 Å². The minimum absolute atomic E-state index is 0.0179. The van der Waals surface area contributed by atoms with Crippen molar-refractivity contribution in [2.75, 3.05) is 0 Å². The van der Waals surface area contributed by atoms with Crippen molar-refractivity contribution in [3.8, 4) is 6.07 Å².